The summed E-state index contributed by atoms with van der Waals surface area (Å²) >= 11 is 5.82. The lowest BCUT2D eigenvalue weighted by molar-refractivity contribution is 0.932. The second-order valence-electron chi connectivity index (χ2n) is 2.73. The van der Waals surface area contributed by atoms with Crippen LogP contribution in [0.4, 0.5) is 5.69 Å². The molecule has 0 radical (unpaired) electrons. The molecule has 0 spiro atoms. The van der Waals surface area contributed by atoms with Crippen molar-refractivity contribution in [2.24, 2.45) is 0 Å². The van der Waals surface area contributed by atoms with Crippen LogP contribution >= 0.6 is 11.6 Å². The number of alkyl halides is 1. The molecule has 0 aliphatic carbocycles. The summed E-state index contributed by atoms with van der Waals surface area (Å²) in [6.07, 6.45) is 0.905. The molecule has 1 nitrogen and oxygen atoms in total. The summed E-state index contributed by atoms with van der Waals surface area (Å²) in [7, 11) is 0. The molecule has 1 aromatic carbocycles. The van der Waals surface area contributed by atoms with E-state index in [0.29, 0.717) is 0 Å². The normalized spacial score (nSPS) is 12.9. The number of rotatable bonds is 2. The molecule has 2 N–H and O–H groups in total. The third-order valence-electron chi connectivity index (χ3n) is 1.50. The molecule has 60 valence electrons. The highest BCUT2D eigenvalue weighted by molar-refractivity contribution is 6.20. The van der Waals surface area contributed by atoms with Crippen LogP contribution in [-0.2, 0) is 6.42 Å². The van der Waals surface area contributed by atoms with E-state index >= 15 is 0 Å². The minimum absolute atomic E-state index is 0.193. The van der Waals surface area contributed by atoms with Crippen LogP contribution in [0.3, 0.4) is 0 Å². The molecule has 0 fully saturated rings. The van der Waals surface area contributed by atoms with Gasteiger partial charge >= 0.3 is 0 Å². The van der Waals surface area contributed by atoms with Crippen molar-refractivity contribution >= 4 is 17.3 Å². The maximum atomic E-state index is 5.82. The van der Waals surface area contributed by atoms with E-state index in [0.717, 1.165) is 12.1 Å². The SMILES string of the molecule is CC(Cl)Cc1ccc(N)cc1. The third kappa shape index (κ3) is 2.81. The fraction of sp³-hybridized carbons (Fsp3) is 0.333. The predicted octanol–water partition coefficient (Wildman–Crippen LogP) is 2.44. The van der Waals surface area contributed by atoms with E-state index in [-0.39, 0.29) is 5.38 Å². The average Bonchev–Trinajstić information content (AvgIpc) is 1.93. The molecule has 0 saturated carbocycles. The van der Waals surface area contributed by atoms with Crippen LogP contribution in [-0.4, -0.2) is 5.38 Å². The van der Waals surface area contributed by atoms with Crippen molar-refractivity contribution in [1.29, 1.82) is 0 Å². The van der Waals surface area contributed by atoms with E-state index in [4.69, 9.17) is 17.3 Å². The van der Waals surface area contributed by atoms with Crippen molar-refractivity contribution in [2.75, 3.05) is 5.73 Å². The fourth-order valence-electron chi connectivity index (χ4n) is 0.979. The van der Waals surface area contributed by atoms with Gasteiger partial charge in [0.1, 0.15) is 0 Å². The highest BCUT2D eigenvalue weighted by Crippen LogP contribution is 2.09. The molecule has 0 bridgehead atoms. The quantitative estimate of drug-likeness (QED) is 0.534. The van der Waals surface area contributed by atoms with Gasteiger partial charge in [-0.2, -0.15) is 0 Å². The number of halogens is 1. The van der Waals surface area contributed by atoms with Crippen LogP contribution in [0.2, 0.25) is 0 Å². The maximum Gasteiger partial charge on any atom is 0.0348 e. The number of hydrogen-bond donors (Lipinski definition) is 1. The molecular formula is C9H12ClN. The Bertz CT molecular complexity index is 216. The minimum Gasteiger partial charge on any atom is -0.399 e. The Morgan fingerprint density at radius 3 is 2.36 bits per heavy atom. The maximum absolute atomic E-state index is 5.82. The summed E-state index contributed by atoms with van der Waals surface area (Å²) in [6, 6.07) is 7.81. The molecule has 0 aliphatic rings. The number of nitrogen functional groups attached to an aromatic ring is 1. The first-order valence-corrected chi connectivity index (χ1v) is 4.10. The van der Waals surface area contributed by atoms with Gasteiger partial charge in [0.2, 0.25) is 0 Å². The van der Waals surface area contributed by atoms with Crippen molar-refractivity contribution in [2.45, 2.75) is 18.7 Å². The smallest absolute Gasteiger partial charge is 0.0348 e. The van der Waals surface area contributed by atoms with Crippen molar-refractivity contribution in [1.82, 2.24) is 0 Å². The van der Waals surface area contributed by atoms with Gasteiger partial charge in [-0.05, 0) is 31.0 Å². The Kier molecular flexibility index (Phi) is 2.77. The van der Waals surface area contributed by atoms with E-state index in [9.17, 15) is 0 Å². The molecule has 1 rings (SSSR count). The second kappa shape index (κ2) is 3.63. The Labute approximate surface area is 72.2 Å². The van der Waals surface area contributed by atoms with Crippen LogP contribution < -0.4 is 5.73 Å². The average molecular weight is 170 g/mol. The summed E-state index contributed by atoms with van der Waals surface area (Å²) in [4.78, 5) is 0. The topological polar surface area (TPSA) is 26.0 Å². The first kappa shape index (κ1) is 8.41. The van der Waals surface area contributed by atoms with Gasteiger partial charge in [0.25, 0.3) is 0 Å². The Balaban J connectivity index is 2.66. The molecule has 1 aromatic rings. The minimum atomic E-state index is 0.193. The zero-order valence-electron chi connectivity index (χ0n) is 6.55. The van der Waals surface area contributed by atoms with E-state index in [1.54, 1.807) is 0 Å². The van der Waals surface area contributed by atoms with Gasteiger partial charge < -0.3 is 5.73 Å². The van der Waals surface area contributed by atoms with Crippen molar-refractivity contribution < 1.29 is 0 Å². The highest BCUT2D eigenvalue weighted by atomic mass is 35.5. The Hall–Kier alpha value is -0.690. The lowest BCUT2D eigenvalue weighted by Crippen LogP contribution is -1.96. The molecule has 11 heavy (non-hydrogen) atoms. The first-order chi connectivity index (χ1) is 5.18. The van der Waals surface area contributed by atoms with Gasteiger partial charge in [-0.1, -0.05) is 12.1 Å². The molecule has 0 aliphatic heterocycles. The van der Waals surface area contributed by atoms with Gasteiger partial charge in [0.05, 0.1) is 0 Å². The zero-order valence-corrected chi connectivity index (χ0v) is 7.31. The summed E-state index contributed by atoms with van der Waals surface area (Å²) < 4.78 is 0. The van der Waals surface area contributed by atoms with Crippen molar-refractivity contribution in [3.05, 3.63) is 29.8 Å². The van der Waals surface area contributed by atoms with Crippen LogP contribution in [0.1, 0.15) is 12.5 Å². The van der Waals surface area contributed by atoms with Gasteiger partial charge in [-0.25, -0.2) is 0 Å². The second-order valence-corrected chi connectivity index (χ2v) is 3.47. The fourth-order valence-corrected chi connectivity index (χ4v) is 1.16. The zero-order chi connectivity index (χ0) is 8.27. The molecule has 1 unspecified atom stereocenters. The predicted molar refractivity (Wildman–Crippen MR) is 49.9 cm³/mol. The van der Waals surface area contributed by atoms with E-state index < -0.39 is 0 Å². The molecule has 1 atom stereocenters. The molecule has 2 heteroatoms. The number of anilines is 1. The Morgan fingerprint density at radius 1 is 1.36 bits per heavy atom. The van der Waals surface area contributed by atoms with Crippen LogP contribution in [0.25, 0.3) is 0 Å². The van der Waals surface area contributed by atoms with Gasteiger partial charge in [-0.3, -0.25) is 0 Å². The van der Waals surface area contributed by atoms with Gasteiger partial charge in [0.15, 0.2) is 0 Å². The molecule has 0 aromatic heterocycles. The Morgan fingerprint density at radius 2 is 1.91 bits per heavy atom. The number of benzene rings is 1. The van der Waals surface area contributed by atoms with E-state index in [1.807, 2.05) is 31.2 Å². The molecule has 0 saturated heterocycles. The van der Waals surface area contributed by atoms with Crippen LogP contribution in [0.15, 0.2) is 24.3 Å². The monoisotopic (exact) mass is 169 g/mol. The standard InChI is InChI=1S/C9H12ClN/c1-7(10)6-8-2-4-9(11)5-3-8/h2-5,7H,6,11H2,1H3. The third-order valence-corrected chi connectivity index (χ3v) is 1.65. The largest absolute Gasteiger partial charge is 0.399 e. The first-order valence-electron chi connectivity index (χ1n) is 3.67. The molecular weight excluding hydrogens is 158 g/mol. The summed E-state index contributed by atoms with van der Waals surface area (Å²) in [5, 5.41) is 0.193. The number of nitrogens with two attached hydrogens (primary N) is 1. The summed E-state index contributed by atoms with van der Waals surface area (Å²) in [5.41, 5.74) is 7.56. The van der Waals surface area contributed by atoms with E-state index in [2.05, 4.69) is 0 Å². The summed E-state index contributed by atoms with van der Waals surface area (Å²) in [5.74, 6) is 0. The van der Waals surface area contributed by atoms with Gasteiger partial charge in [0, 0.05) is 11.1 Å². The molecule has 0 amide bonds. The highest BCUT2D eigenvalue weighted by Gasteiger charge is 1.97. The van der Waals surface area contributed by atoms with Crippen molar-refractivity contribution in [3.8, 4) is 0 Å². The van der Waals surface area contributed by atoms with E-state index in [1.165, 1.54) is 5.56 Å². The van der Waals surface area contributed by atoms with Gasteiger partial charge in [-0.15, -0.1) is 11.6 Å². The van der Waals surface area contributed by atoms with Crippen molar-refractivity contribution in [3.63, 3.8) is 0 Å². The lowest BCUT2D eigenvalue weighted by Gasteiger charge is -2.02. The van der Waals surface area contributed by atoms with Crippen LogP contribution in [0, 0.1) is 0 Å². The number of hydrogen-bond acceptors (Lipinski definition) is 1. The lowest BCUT2D eigenvalue weighted by atomic mass is 10.1. The molecule has 0 heterocycles. The van der Waals surface area contributed by atoms with Crippen LogP contribution in [0.5, 0.6) is 0 Å². The summed E-state index contributed by atoms with van der Waals surface area (Å²) in [6.45, 7) is 1.98.